The Morgan fingerprint density at radius 1 is 1.09 bits per heavy atom. The van der Waals surface area contributed by atoms with Gasteiger partial charge in [0.15, 0.2) is 9.84 Å². The maximum atomic E-state index is 12.9. The SMILES string of the molecule is Cc1ccc(C)c(N2CCN(C(=O)CCS(=O)(=O)c3ccc4c(c3)NC(=O)[C@@H](C)S4)CC2)c1. The second-order valence-electron chi connectivity index (χ2n) is 8.63. The van der Waals surface area contributed by atoms with E-state index in [9.17, 15) is 18.0 Å². The lowest BCUT2D eigenvalue weighted by molar-refractivity contribution is -0.131. The van der Waals surface area contributed by atoms with Gasteiger partial charge in [-0.05, 0) is 56.2 Å². The summed E-state index contributed by atoms with van der Waals surface area (Å²) in [5.41, 5.74) is 4.12. The van der Waals surface area contributed by atoms with Gasteiger partial charge in [0.05, 0.1) is 21.6 Å². The maximum Gasteiger partial charge on any atom is 0.237 e. The Morgan fingerprint density at radius 2 is 1.82 bits per heavy atom. The highest BCUT2D eigenvalue weighted by Gasteiger charge is 2.27. The molecular formula is C24H29N3O4S2. The Labute approximate surface area is 199 Å². The normalized spacial score (nSPS) is 18.6. The second-order valence-corrected chi connectivity index (χ2v) is 12.1. The predicted octanol–water partition coefficient (Wildman–Crippen LogP) is 3.25. The van der Waals surface area contributed by atoms with Crippen molar-refractivity contribution >= 4 is 44.8 Å². The molecule has 0 unspecified atom stereocenters. The average Bonchev–Trinajstić information content (AvgIpc) is 2.79. The standard InChI is InChI=1S/C24H29N3O4S2/c1-16-4-5-17(2)21(14-16)26-9-11-27(12-10-26)23(28)8-13-33(30,31)19-6-7-22-20(15-19)25-24(29)18(3)32-22/h4-7,14-15,18H,8-13H2,1-3H3,(H,25,29)/t18-/m1/s1. The number of aryl methyl sites for hydroxylation is 2. The van der Waals surface area contributed by atoms with Gasteiger partial charge >= 0.3 is 0 Å². The summed E-state index contributed by atoms with van der Waals surface area (Å²) in [6, 6.07) is 11.1. The van der Waals surface area contributed by atoms with Crippen molar-refractivity contribution in [3.63, 3.8) is 0 Å². The van der Waals surface area contributed by atoms with E-state index in [4.69, 9.17) is 0 Å². The van der Waals surface area contributed by atoms with Crippen LogP contribution in [0.25, 0.3) is 0 Å². The topological polar surface area (TPSA) is 86.8 Å². The lowest BCUT2D eigenvalue weighted by Crippen LogP contribution is -2.49. The molecule has 7 nitrogen and oxygen atoms in total. The van der Waals surface area contributed by atoms with E-state index in [0.717, 1.165) is 18.0 Å². The van der Waals surface area contributed by atoms with Crippen LogP contribution in [0.2, 0.25) is 0 Å². The molecule has 2 aromatic rings. The minimum atomic E-state index is -3.64. The first-order valence-electron chi connectivity index (χ1n) is 11.1. The van der Waals surface area contributed by atoms with Crippen LogP contribution in [-0.4, -0.2) is 62.3 Å². The molecular weight excluding hydrogens is 458 g/mol. The lowest BCUT2D eigenvalue weighted by atomic mass is 10.1. The van der Waals surface area contributed by atoms with Crippen molar-refractivity contribution in [2.24, 2.45) is 0 Å². The van der Waals surface area contributed by atoms with E-state index in [2.05, 4.69) is 42.3 Å². The van der Waals surface area contributed by atoms with E-state index in [0.29, 0.717) is 18.8 Å². The van der Waals surface area contributed by atoms with Crippen LogP contribution in [-0.2, 0) is 19.4 Å². The molecule has 33 heavy (non-hydrogen) atoms. The third kappa shape index (κ3) is 5.19. The molecule has 0 aromatic heterocycles. The van der Waals surface area contributed by atoms with E-state index in [1.165, 1.54) is 34.6 Å². The van der Waals surface area contributed by atoms with Crippen LogP contribution in [0.4, 0.5) is 11.4 Å². The fourth-order valence-electron chi connectivity index (χ4n) is 4.14. The molecule has 4 rings (SSSR count). The molecule has 2 aromatic carbocycles. The van der Waals surface area contributed by atoms with E-state index in [1.54, 1.807) is 24.0 Å². The smallest absolute Gasteiger partial charge is 0.237 e. The summed E-state index contributed by atoms with van der Waals surface area (Å²) in [7, 11) is -3.64. The van der Waals surface area contributed by atoms with Crippen molar-refractivity contribution in [2.75, 3.05) is 42.1 Å². The Balaban J connectivity index is 1.35. The Morgan fingerprint density at radius 3 is 2.55 bits per heavy atom. The van der Waals surface area contributed by atoms with E-state index in [1.807, 2.05) is 0 Å². The average molecular weight is 488 g/mol. The molecule has 9 heteroatoms. The minimum Gasteiger partial charge on any atom is -0.368 e. The van der Waals surface area contributed by atoms with Gasteiger partial charge in [-0.25, -0.2) is 8.42 Å². The number of carbonyl (C=O) groups excluding carboxylic acids is 2. The van der Waals surface area contributed by atoms with Gasteiger partial charge in [-0.1, -0.05) is 12.1 Å². The summed E-state index contributed by atoms with van der Waals surface area (Å²) in [6.45, 7) is 8.56. The minimum absolute atomic E-state index is 0.0545. The van der Waals surface area contributed by atoms with Crippen LogP contribution >= 0.6 is 11.8 Å². The predicted molar refractivity (Wildman–Crippen MR) is 132 cm³/mol. The fraction of sp³-hybridized carbons (Fsp3) is 0.417. The molecule has 0 bridgehead atoms. The third-order valence-electron chi connectivity index (χ3n) is 6.16. The Kier molecular flexibility index (Phi) is 6.72. The Hall–Kier alpha value is -2.52. The molecule has 2 aliphatic rings. The summed E-state index contributed by atoms with van der Waals surface area (Å²) in [4.78, 5) is 29.7. The molecule has 2 heterocycles. The molecule has 0 radical (unpaired) electrons. The number of hydrogen-bond donors (Lipinski definition) is 1. The molecule has 176 valence electrons. The first-order chi connectivity index (χ1) is 15.6. The molecule has 1 atom stereocenters. The summed E-state index contributed by atoms with van der Waals surface area (Å²) in [5, 5.41) is 2.54. The Bertz CT molecular complexity index is 1190. The number of nitrogens with zero attached hydrogens (tertiary/aromatic N) is 2. The highest BCUT2D eigenvalue weighted by Crippen LogP contribution is 2.37. The van der Waals surface area contributed by atoms with E-state index < -0.39 is 9.84 Å². The summed E-state index contributed by atoms with van der Waals surface area (Å²) < 4.78 is 25.7. The van der Waals surface area contributed by atoms with Gasteiger partial charge in [0.2, 0.25) is 11.8 Å². The largest absolute Gasteiger partial charge is 0.368 e. The van der Waals surface area contributed by atoms with E-state index in [-0.39, 0.29) is 34.1 Å². The van der Waals surface area contributed by atoms with Crippen molar-refractivity contribution in [1.82, 2.24) is 4.90 Å². The van der Waals surface area contributed by atoms with Crippen molar-refractivity contribution in [3.05, 3.63) is 47.5 Å². The number of benzene rings is 2. The van der Waals surface area contributed by atoms with Crippen molar-refractivity contribution in [1.29, 1.82) is 0 Å². The van der Waals surface area contributed by atoms with Gasteiger partial charge in [-0.3, -0.25) is 9.59 Å². The van der Waals surface area contributed by atoms with Gasteiger partial charge in [-0.2, -0.15) is 0 Å². The summed E-state index contributed by atoms with van der Waals surface area (Å²) in [6.07, 6.45) is -0.0545. The van der Waals surface area contributed by atoms with Crippen LogP contribution in [0.5, 0.6) is 0 Å². The molecule has 2 aliphatic heterocycles. The maximum absolute atomic E-state index is 12.9. The van der Waals surface area contributed by atoms with Gasteiger partial charge < -0.3 is 15.1 Å². The fourth-order valence-corrected chi connectivity index (χ4v) is 6.32. The van der Waals surface area contributed by atoms with Crippen LogP contribution in [0.15, 0.2) is 46.2 Å². The number of amides is 2. The molecule has 0 spiro atoms. The zero-order chi connectivity index (χ0) is 23.8. The summed E-state index contributed by atoms with van der Waals surface area (Å²) >= 11 is 1.40. The van der Waals surface area contributed by atoms with Gasteiger partial charge in [0, 0.05) is 43.2 Å². The van der Waals surface area contributed by atoms with Gasteiger partial charge in [0.1, 0.15) is 0 Å². The number of rotatable bonds is 5. The summed E-state index contributed by atoms with van der Waals surface area (Å²) in [5.74, 6) is -0.536. The van der Waals surface area contributed by atoms with Crippen LogP contribution in [0.1, 0.15) is 24.5 Å². The number of hydrogen-bond acceptors (Lipinski definition) is 6. The quantitative estimate of drug-likeness (QED) is 0.697. The van der Waals surface area contributed by atoms with Crippen LogP contribution in [0.3, 0.4) is 0 Å². The molecule has 0 saturated carbocycles. The van der Waals surface area contributed by atoms with Crippen LogP contribution in [0, 0.1) is 13.8 Å². The zero-order valence-electron chi connectivity index (χ0n) is 19.1. The molecule has 1 N–H and O–H groups in total. The highest BCUT2D eigenvalue weighted by atomic mass is 32.2. The van der Waals surface area contributed by atoms with Crippen LogP contribution < -0.4 is 10.2 Å². The number of piperazine rings is 1. The number of thioether (sulfide) groups is 1. The lowest BCUT2D eigenvalue weighted by Gasteiger charge is -2.37. The van der Waals surface area contributed by atoms with Crippen molar-refractivity contribution in [3.8, 4) is 0 Å². The van der Waals surface area contributed by atoms with Crippen molar-refractivity contribution in [2.45, 2.75) is 42.2 Å². The molecule has 2 amide bonds. The van der Waals surface area contributed by atoms with E-state index >= 15 is 0 Å². The molecule has 1 fully saturated rings. The first-order valence-corrected chi connectivity index (χ1v) is 13.6. The first kappa shape index (κ1) is 23.6. The molecule has 1 saturated heterocycles. The van der Waals surface area contributed by atoms with Crippen molar-refractivity contribution < 1.29 is 18.0 Å². The van der Waals surface area contributed by atoms with Gasteiger partial charge in [-0.15, -0.1) is 11.8 Å². The molecule has 0 aliphatic carbocycles. The highest BCUT2D eigenvalue weighted by molar-refractivity contribution is 8.01. The second kappa shape index (κ2) is 9.38. The number of anilines is 2. The number of carbonyl (C=O) groups is 2. The zero-order valence-corrected chi connectivity index (χ0v) is 20.8. The van der Waals surface area contributed by atoms with Gasteiger partial charge in [0.25, 0.3) is 0 Å². The monoisotopic (exact) mass is 487 g/mol. The number of fused-ring (bicyclic) bond motifs is 1. The number of sulfone groups is 1. The third-order valence-corrected chi connectivity index (χ3v) is 9.05. The number of nitrogens with one attached hydrogen (secondary N) is 1.